The van der Waals surface area contributed by atoms with Gasteiger partial charge in [0.15, 0.2) is 0 Å². The molecule has 1 heterocycles. The minimum atomic E-state index is -0.932. The van der Waals surface area contributed by atoms with Crippen LogP contribution in [-0.2, 0) is 4.79 Å². The van der Waals surface area contributed by atoms with Crippen LogP contribution in [0.1, 0.15) is 31.2 Å². The van der Waals surface area contributed by atoms with Gasteiger partial charge in [-0.2, -0.15) is 4.98 Å². The van der Waals surface area contributed by atoms with Crippen molar-refractivity contribution >= 4 is 5.97 Å². The number of aliphatic carboxylic acids is 1. The van der Waals surface area contributed by atoms with Crippen LogP contribution >= 0.6 is 0 Å². The Morgan fingerprint density at radius 2 is 2.10 bits per heavy atom. The van der Waals surface area contributed by atoms with Crippen LogP contribution in [0.25, 0.3) is 11.4 Å². The number of carboxylic acid groups (broad SMARTS) is 1. The van der Waals surface area contributed by atoms with Crippen molar-refractivity contribution in [3.63, 3.8) is 0 Å². The third-order valence-corrected chi connectivity index (χ3v) is 3.40. The van der Waals surface area contributed by atoms with Gasteiger partial charge in [0.1, 0.15) is 5.82 Å². The van der Waals surface area contributed by atoms with E-state index in [-0.39, 0.29) is 17.5 Å². The lowest BCUT2D eigenvalue weighted by atomic mass is 9.96. The molecule has 0 saturated carbocycles. The average Bonchev–Trinajstić information content (AvgIpc) is 2.89. The maximum atomic E-state index is 13.5. The van der Waals surface area contributed by atoms with Gasteiger partial charge >= 0.3 is 5.97 Å². The minimum absolute atomic E-state index is 0.232. The highest BCUT2D eigenvalue weighted by molar-refractivity contribution is 5.70. The van der Waals surface area contributed by atoms with Crippen molar-refractivity contribution in [3.8, 4) is 11.4 Å². The van der Waals surface area contributed by atoms with Crippen LogP contribution < -0.4 is 0 Å². The van der Waals surface area contributed by atoms with Gasteiger partial charge in [-0.25, -0.2) is 4.39 Å². The molecule has 2 atom stereocenters. The number of aryl methyl sites for hydroxylation is 1. The molecule has 0 spiro atoms. The Morgan fingerprint density at radius 3 is 2.70 bits per heavy atom. The number of aromatic nitrogens is 2. The maximum Gasteiger partial charge on any atom is 0.307 e. The molecule has 1 aromatic heterocycles. The van der Waals surface area contributed by atoms with Gasteiger partial charge in [-0.1, -0.05) is 31.1 Å². The van der Waals surface area contributed by atoms with E-state index in [1.54, 1.807) is 32.9 Å². The Balaban J connectivity index is 2.28. The third kappa shape index (κ3) is 2.68. The van der Waals surface area contributed by atoms with Gasteiger partial charge in [-0.3, -0.25) is 4.79 Å². The van der Waals surface area contributed by atoms with Crippen molar-refractivity contribution in [1.29, 1.82) is 0 Å². The third-order valence-electron chi connectivity index (χ3n) is 3.40. The zero-order valence-electron chi connectivity index (χ0n) is 11.4. The summed E-state index contributed by atoms with van der Waals surface area (Å²) >= 11 is 0. The lowest BCUT2D eigenvalue weighted by molar-refractivity contribution is -0.141. The highest BCUT2D eigenvalue weighted by atomic mass is 19.1. The van der Waals surface area contributed by atoms with E-state index >= 15 is 0 Å². The molecule has 6 heteroatoms. The molecule has 20 heavy (non-hydrogen) atoms. The molecule has 0 fully saturated rings. The van der Waals surface area contributed by atoms with Crippen molar-refractivity contribution in [3.05, 3.63) is 35.5 Å². The molecule has 5 nitrogen and oxygen atoms in total. The number of benzene rings is 1. The van der Waals surface area contributed by atoms with Crippen molar-refractivity contribution in [2.75, 3.05) is 0 Å². The molecule has 2 unspecified atom stereocenters. The molecule has 0 saturated heterocycles. The van der Waals surface area contributed by atoms with Gasteiger partial charge in [-0.05, 0) is 18.6 Å². The van der Waals surface area contributed by atoms with E-state index in [1.807, 2.05) is 0 Å². The van der Waals surface area contributed by atoms with E-state index in [9.17, 15) is 9.18 Å². The van der Waals surface area contributed by atoms with Gasteiger partial charge in [0.2, 0.25) is 11.7 Å². The molecule has 106 valence electrons. The highest BCUT2D eigenvalue weighted by Crippen LogP contribution is 2.26. The first-order valence-electron chi connectivity index (χ1n) is 6.23. The van der Waals surface area contributed by atoms with Crippen LogP contribution in [0, 0.1) is 18.7 Å². The predicted octanol–water partition coefficient (Wildman–Crippen LogP) is 3.01. The standard InChI is InChI=1S/C14H15FN2O3/c1-7-4-5-10(6-11(7)15)12-16-13(20-17-12)8(2)9(3)14(18)19/h4-6,8-9H,1-3H3,(H,18,19). The van der Waals surface area contributed by atoms with Crippen molar-refractivity contribution in [2.24, 2.45) is 5.92 Å². The largest absolute Gasteiger partial charge is 0.481 e. The quantitative estimate of drug-likeness (QED) is 0.930. The van der Waals surface area contributed by atoms with E-state index in [0.29, 0.717) is 11.1 Å². The Kier molecular flexibility index (Phi) is 3.83. The summed E-state index contributed by atoms with van der Waals surface area (Å²) in [6.07, 6.45) is 0. The molecule has 2 aromatic rings. The molecule has 0 amide bonds. The topological polar surface area (TPSA) is 76.2 Å². The molecular formula is C14H15FN2O3. The zero-order chi connectivity index (χ0) is 14.9. The molecule has 1 N–H and O–H groups in total. The fourth-order valence-corrected chi connectivity index (χ4v) is 1.70. The minimum Gasteiger partial charge on any atom is -0.481 e. The van der Waals surface area contributed by atoms with Gasteiger partial charge < -0.3 is 9.63 Å². The van der Waals surface area contributed by atoms with Gasteiger partial charge in [0, 0.05) is 11.5 Å². The van der Waals surface area contributed by atoms with E-state index in [4.69, 9.17) is 9.63 Å². The summed E-state index contributed by atoms with van der Waals surface area (Å²) in [5.74, 6) is -1.85. The fraction of sp³-hybridized carbons (Fsp3) is 0.357. The second kappa shape index (κ2) is 5.40. The molecule has 1 aromatic carbocycles. The van der Waals surface area contributed by atoms with Crippen LogP contribution in [-0.4, -0.2) is 21.2 Å². The molecule has 2 rings (SSSR count). The van der Waals surface area contributed by atoms with Crippen molar-refractivity contribution < 1.29 is 18.8 Å². The summed E-state index contributed by atoms with van der Waals surface area (Å²) < 4.78 is 18.6. The number of carbonyl (C=O) groups is 1. The van der Waals surface area contributed by atoms with Crippen LogP contribution in [0.3, 0.4) is 0 Å². The molecule has 0 aliphatic carbocycles. The summed E-state index contributed by atoms with van der Waals surface area (Å²) in [5.41, 5.74) is 1.03. The van der Waals surface area contributed by atoms with Gasteiger partial charge in [-0.15, -0.1) is 0 Å². The Bertz CT molecular complexity index is 639. The molecule has 0 aliphatic heterocycles. The first kappa shape index (κ1) is 14.2. The number of hydrogen-bond acceptors (Lipinski definition) is 4. The molecule has 0 radical (unpaired) electrons. The second-order valence-electron chi connectivity index (χ2n) is 4.84. The lowest BCUT2D eigenvalue weighted by Crippen LogP contribution is -2.16. The zero-order valence-corrected chi connectivity index (χ0v) is 11.4. The van der Waals surface area contributed by atoms with Crippen LogP contribution in [0.2, 0.25) is 0 Å². The van der Waals surface area contributed by atoms with Crippen molar-refractivity contribution in [2.45, 2.75) is 26.7 Å². The normalized spacial score (nSPS) is 14.0. The SMILES string of the molecule is Cc1ccc(-c2noc(C(C)C(C)C(=O)O)n2)cc1F. The van der Waals surface area contributed by atoms with Gasteiger partial charge in [0.25, 0.3) is 0 Å². The van der Waals surface area contributed by atoms with E-state index in [0.717, 1.165) is 0 Å². The smallest absolute Gasteiger partial charge is 0.307 e. The van der Waals surface area contributed by atoms with Gasteiger partial charge in [0.05, 0.1) is 5.92 Å². The summed E-state index contributed by atoms with van der Waals surface area (Å²) in [4.78, 5) is 15.1. The Labute approximate surface area is 115 Å². The monoisotopic (exact) mass is 278 g/mol. The van der Waals surface area contributed by atoms with E-state index < -0.39 is 17.8 Å². The molecule has 0 bridgehead atoms. The number of nitrogens with zero attached hydrogens (tertiary/aromatic N) is 2. The number of halogens is 1. The van der Waals surface area contributed by atoms with Crippen LogP contribution in [0.15, 0.2) is 22.7 Å². The maximum absolute atomic E-state index is 13.5. The number of carboxylic acids is 1. The summed E-state index contributed by atoms with van der Waals surface area (Å²) in [7, 11) is 0. The highest BCUT2D eigenvalue weighted by Gasteiger charge is 2.26. The number of rotatable bonds is 4. The summed E-state index contributed by atoms with van der Waals surface area (Å²) in [6, 6.07) is 4.65. The van der Waals surface area contributed by atoms with Crippen molar-refractivity contribution in [1.82, 2.24) is 10.1 Å². The predicted molar refractivity (Wildman–Crippen MR) is 69.6 cm³/mol. The van der Waals surface area contributed by atoms with Crippen LogP contribution in [0.4, 0.5) is 4.39 Å². The first-order chi connectivity index (χ1) is 9.40. The second-order valence-corrected chi connectivity index (χ2v) is 4.84. The number of hydrogen-bond donors (Lipinski definition) is 1. The average molecular weight is 278 g/mol. The van der Waals surface area contributed by atoms with E-state index in [2.05, 4.69) is 10.1 Å². The molecule has 0 aliphatic rings. The fourth-order valence-electron chi connectivity index (χ4n) is 1.70. The van der Waals surface area contributed by atoms with E-state index in [1.165, 1.54) is 6.07 Å². The van der Waals surface area contributed by atoms with Crippen LogP contribution in [0.5, 0.6) is 0 Å². The molecular weight excluding hydrogens is 263 g/mol. The summed E-state index contributed by atoms with van der Waals surface area (Å²) in [5, 5.41) is 12.7. The summed E-state index contributed by atoms with van der Waals surface area (Å²) in [6.45, 7) is 4.94. The Morgan fingerprint density at radius 1 is 1.40 bits per heavy atom. The first-order valence-corrected chi connectivity index (χ1v) is 6.23. The Hall–Kier alpha value is -2.24. The lowest BCUT2D eigenvalue weighted by Gasteiger charge is -2.10.